The van der Waals surface area contributed by atoms with Gasteiger partial charge in [-0.25, -0.2) is 15.0 Å². The van der Waals surface area contributed by atoms with E-state index in [4.69, 9.17) is 15.0 Å². The Bertz CT molecular complexity index is 3190. The summed E-state index contributed by atoms with van der Waals surface area (Å²) in [5, 5.41) is 9.96. The Labute approximate surface area is 307 Å². The van der Waals surface area contributed by atoms with E-state index >= 15 is 0 Å². The maximum absolute atomic E-state index is 5.21. The molecular formula is C47H27N3S2. The van der Waals surface area contributed by atoms with Crippen LogP contribution in [-0.4, -0.2) is 15.0 Å². The topological polar surface area (TPSA) is 38.7 Å². The van der Waals surface area contributed by atoms with Crippen LogP contribution in [0, 0.1) is 0 Å². The molecule has 0 aliphatic heterocycles. The predicted octanol–water partition coefficient (Wildman–Crippen LogP) is 13.6. The molecule has 5 heteroatoms. The predicted molar refractivity (Wildman–Crippen MR) is 222 cm³/mol. The van der Waals surface area contributed by atoms with Crippen molar-refractivity contribution in [3.63, 3.8) is 0 Å². The van der Waals surface area contributed by atoms with E-state index in [-0.39, 0.29) is 0 Å². The zero-order valence-electron chi connectivity index (χ0n) is 27.7. The Morgan fingerprint density at radius 2 is 0.885 bits per heavy atom. The SMILES string of the molecule is c1ccc2c(c1)ccc1cccc(-c3ccc(-c4nc(-c5ccc6sc7ccccc7c6c5)nc(-c5cccc6c5sc5ccccc56)n4)cc3)c12. The van der Waals surface area contributed by atoms with Crippen molar-refractivity contribution in [2.75, 3.05) is 0 Å². The summed E-state index contributed by atoms with van der Waals surface area (Å²) in [4.78, 5) is 15.6. The maximum atomic E-state index is 5.21. The summed E-state index contributed by atoms with van der Waals surface area (Å²) in [5.41, 5.74) is 5.31. The normalized spacial score (nSPS) is 11.8. The average molecular weight is 698 g/mol. The number of fused-ring (bicyclic) bond motifs is 9. The molecule has 8 aromatic carbocycles. The van der Waals surface area contributed by atoms with Crippen molar-refractivity contribution in [2.24, 2.45) is 0 Å². The van der Waals surface area contributed by atoms with Crippen LogP contribution in [0.15, 0.2) is 164 Å². The molecule has 0 atom stereocenters. The molecule has 0 aliphatic carbocycles. The third-order valence-corrected chi connectivity index (χ3v) is 12.5. The van der Waals surface area contributed by atoms with Gasteiger partial charge in [-0.3, -0.25) is 0 Å². The molecule has 0 amide bonds. The number of thiophene rings is 2. The average Bonchev–Trinajstić information content (AvgIpc) is 3.79. The van der Waals surface area contributed by atoms with E-state index in [0.717, 1.165) is 22.3 Å². The summed E-state index contributed by atoms with van der Waals surface area (Å²) in [6.07, 6.45) is 0. The minimum atomic E-state index is 0.656. The molecule has 11 rings (SSSR count). The Hall–Kier alpha value is -6.27. The molecule has 52 heavy (non-hydrogen) atoms. The van der Waals surface area contributed by atoms with Gasteiger partial charge in [-0.1, -0.05) is 127 Å². The highest BCUT2D eigenvalue weighted by Crippen LogP contribution is 2.41. The van der Waals surface area contributed by atoms with Crippen LogP contribution in [0.5, 0.6) is 0 Å². The van der Waals surface area contributed by atoms with E-state index < -0.39 is 0 Å². The lowest BCUT2D eigenvalue weighted by atomic mass is 9.93. The second-order valence-electron chi connectivity index (χ2n) is 13.2. The molecule has 0 saturated carbocycles. The largest absolute Gasteiger partial charge is 0.208 e. The molecule has 3 nitrogen and oxygen atoms in total. The highest BCUT2D eigenvalue weighted by atomic mass is 32.1. The van der Waals surface area contributed by atoms with E-state index in [1.54, 1.807) is 11.3 Å². The minimum absolute atomic E-state index is 0.656. The molecule has 0 bridgehead atoms. The summed E-state index contributed by atoms with van der Waals surface area (Å²) < 4.78 is 4.98. The second-order valence-corrected chi connectivity index (χ2v) is 15.3. The van der Waals surface area contributed by atoms with Crippen molar-refractivity contribution in [3.05, 3.63) is 164 Å². The number of benzene rings is 8. The lowest BCUT2D eigenvalue weighted by Gasteiger charge is -2.12. The van der Waals surface area contributed by atoms with Gasteiger partial charge in [0.1, 0.15) is 0 Å². The van der Waals surface area contributed by atoms with Crippen LogP contribution in [0.4, 0.5) is 0 Å². The summed E-state index contributed by atoms with van der Waals surface area (Å²) in [6.45, 7) is 0. The summed E-state index contributed by atoms with van der Waals surface area (Å²) in [5.74, 6) is 2.00. The fourth-order valence-corrected chi connectivity index (χ4v) is 9.94. The quantitative estimate of drug-likeness (QED) is 0.172. The Balaban J connectivity index is 1.10. The number of rotatable bonds is 4. The third-order valence-electron chi connectivity index (χ3n) is 10.1. The number of nitrogens with zero attached hydrogens (tertiary/aromatic N) is 3. The molecule has 0 radical (unpaired) electrons. The van der Waals surface area contributed by atoms with E-state index in [9.17, 15) is 0 Å². The van der Waals surface area contributed by atoms with Crippen LogP contribution in [-0.2, 0) is 0 Å². The minimum Gasteiger partial charge on any atom is -0.208 e. The lowest BCUT2D eigenvalue weighted by molar-refractivity contribution is 1.08. The first kappa shape index (κ1) is 29.5. The second kappa shape index (κ2) is 11.6. The van der Waals surface area contributed by atoms with Gasteiger partial charge in [-0.2, -0.15) is 0 Å². The molecule has 0 N–H and O–H groups in total. The molecule has 11 aromatic rings. The Kier molecular flexibility index (Phi) is 6.59. The fourth-order valence-electron chi connectivity index (χ4n) is 7.64. The van der Waals surface area contributed by atoms with Crippen LogP contribution in [0.1, 0.15) is 0 Å². The number of aromatic nitrogens is 3. The maximum Gasteiger partial charge on any atom is 0.165 e. The van der Waals surface area contributed by atoms with E-state index in [2.05, 4.69) is 164 Å². The van der Waals surface area contributed by atoms with Gasteiger partial charge < -0.3 is 0 Å². The van der Waals surface area contributed by atoms with Gasteiger partial charge in [-0.15, -0.1) is 22.7 Å². The summed E-state index contributed by atoms with van der Waals surface area (Å²) in [6, 6.07) is 58.6. The van der Waals surface area contributed by atoms with Crippen molar-refractivity contribution in [3.8, 4) is 45.3 Å². The molecule has 0 saturated heterocycles. The van der Waals surface area contributed by atoms with Crippen LogP contribution in [0.25, 0.3) is 107 Å². The summed E-state index contributed by atoms with van der Waals surface area (Å²) in [7, 11) is 0. The molecular weight excluding hydrogens is 671 g/mol. The standard InChI is InChI=1S/C47H27N3S2/c1-2-11-33-28(9-1)19-22-30-10-7-14-34(43(30)33)29-20-23-31(24-21-29)45-48-46(32-25-26-42-39(27-32)36-13-4-5-17-40(36)51-42)50-47(49-45)38-16-8-15-37-35-12-3-6-18-41(35)52-44(37)38/h1-27H. The van der Waals surface area contributed by atoms with Gasteiger partial charge in [0, 0.05) is 57.0 Å². The van der Waals surface area contributed by atoms with Gasteiger partial charge in [0.05, 0.1) is 0 Å². The van der Waals surface area contributed by atoms with Gasteiger partial charge in [0.25, 0.3) is 0 Å². The Morgan fingerprint density at radius 1 is 0.327 bits per heavy atom. The van der Waals surface area contributed by atoms with Crippen molar-refractivity contribution in [1.82, 2.24) is 15.0 Å². The molecule has 0 fully saturated rings. The van der Waals surface area contributed by atoms with Crippen LogP contribution in [0.3, 0.4) is 0 Å². The molecule has 0 unspecified atom stereocenters. The van der Waals surface area contributed by atoms with Gasteiger partial charge in [0.2, 0.25) is 0 Å². The highest BCUT2D eigenvalue weighted by Gasteiger charge is 2.18. The van der Waals surface area contributed by atoms with E-state index in [1.165, 1.54) is 67.5 Å². The van der Waals surface area contributed by atoms with E-state index in [1.807, 2.05) is 11.3 Å². The monoisotopic (exact) mass is 697 g/mol. The van der Waals surface area contributed by atoms with Crippen molar-refractivity contribution in [1.29, 1.82) is 0 Å². The van der Waals surface area contributed by atoms with Gasteiger partial charge >= 0.3 is 0 Å². The molecule has 0 aliphatic rings. The first-order chi connectivity index (χ1) is 25.7. The van der Waals surface area contributed by atoms with Crippen molar-refractivity contribution < 1.29 is 0 Å². The lowest BCUT2D eigenvalue weighted by Crippen LogP contribution is -2.00. The Morgan fingerprint density at radius 3 is 1.73 bits per heavy atom. The zero-order valence-corrected chi connectivity index (χ0v) is 29.4. The molecule has 242 valence electrons. The molecule has 0 spiro atoms. The first-order valence-corrected chi connectivity index (χ1v) is 19.0. The van der Waals surface area contributed by atoms with Crippen molar-refractivity contribution >= 4 is 84.6 Å². The molecule has 3 aromatic heterocycles. The van der Waals surface area contributed by atoms with E-state index in [0.29, 0.717) is 17.5 Å². The first-order valence-electron chi connectivity index (χ1n) is 17.3. The zero-order chi connectivity index (χ0) is 34.2. The van der Waals surface area contributed by atoms with Crippen LogP contribution < -0.4 is 0 Å². The number of hydrogen-bond donors (Lipinski definition) is 0. The van der Waals surface area contributed by atoms with Gasteiger partial charge in [0.15, 0.2) is 17.5 Å². The van der Waals surface area contributed by atoms with Crippen LogP contribution >= 0.6 is 22.7 Å². The smallest absolute Gasteiger partial charge is 0.165 e. The fraction of sp³-hybridized carbons (Fsp3) is 0. The van der Waals surface area contributed by atoms with Gasteiger partial charge in [-0.05, 0) is 69.1 Å². The third kappa shape index (κ3) is 4.67. The summed E-state index contributed by atoms with van der Waals surface area (Å²) >= 11 is 3.61. The van der Waals surface area contributed by atoms with Crippen LogP contribution in [0.2, 0.25) is 0 Å². The number of hydrogen-bond acceptors (Lipinski definition) is 5. The molecule has 3 heterocycles. The van der Waals surface area contributed by atoms with Crippen molar-refractivity contribution in [2.45, 2.75) is 0 Å². The highest BCUT2D eigenvalue weighted by molar-refractivity contribution is 7.26.